The zero-order valence-corrected chi connectivity index (χ0v) is 16.4. The number of rotatable bonds is 5. The topological polar surface area (TPSA) is 35.6 Å². The fraction of sp³-hybridized carbons (Fsp3) is 0.350. The molecule has 1 amide bonds. The van der Waals surface area contributed by atoms with E-state index in [9.17, 15) is 4.79 Å². The first-order valence-corrected chi connectivity index (χ1v) is 9.50. The number of halogens is 2. The van der Waals surface area contributed by atoms with Gasteiger partial charge < -0.3 is 5.32 Å². The first-order valence-electron chi connectivity index (χ1n) is 8.75. The Bertz CT molecular complexity index is 756. The Hall–Kier alpha value is -1.59. The Morgan fingerprint density at radius 2 is 1.62 bits per heavy atom. The first kappa shape index (κ1) is 19.2. The monoisotopic (exact) mass is 391 g/mol. The molecule has 0 radical (unpaired) electrons. The number of anilines is 1. The number of aryl methyl sites for hydroxylation is 1. The van der Waals surface area contributed by atoms with Crippen LogP contribution >= 0.6 is 23.2 Å². The number of hydrogen-bond acceptors (Lipinski definition) is 3. The number of amides is 1. The van der Waals surface area contributed by atoms with Crippen molar-refractivity contribution in [1.82, 2.24) is 9.80 Å². The van der Waals surface area contributed by atoms with E-state index in [1.165, 1.54) is 11.1 Å². The molecular formula is C20H23Cl2N3O. The quantitative estimate of drug-likeness (QED) is 0.834. The van der Waals surface area contributed by atoms with Crippen molar-refractivity contribution in [3.63, 3.8) is 0 Å². The van der Waals surface area contributed by atoms with E-state index < -0.39 is 0 Å². The highest BCUT2D eigenvalue weighted by Crippen LogP contribution is 2.25. The lowest BCUT2D eigenvalue weighted by molar-refractivity contribution is -0.117. The van der Waals surface area contributed by atoms with E-state index in [0.29, 0.717) is 22.3 Å². The minimum absolute atomic E-state index is 0.0321. The van der Waals surface area contributed by atoms with E-state index >= 15 is 0 Å². The maximum absolute atomic E-state index is 12.2. The summed E-state index contributed by atoms with van der Waals surface area (Å²) in [4.78, 5) is 16.8. The second-order valence-corrected chi connectivity index (χ2v) is 7.53. The van der Waals surface area contributed by atoms with Crippen LogP contribution in [-0.4, -0.2) is 48.4 Å². The smallest absolute Gasteiger partial charge is 0.238 e. The highest BCUT2D eigenvalue weighted by Gasteiger charge is 2.19. The van der Waals surface area contributed by atoms with Crippen LogP contribution in [0, 0.1) is 6.92 Å². The maximum Gasteiger partial charge on any atom is 0.238 e. The molecule has 1 fully saturated rings. The summed E-state index contributed by atoms with van der Waals surface area (Å²) >= 11 is 11.9. The fourth-order valence-corrected chi connectivity index (χ4v) is 3.33. The lowest BCUT2D eigenvalue weighted by atomic mass is 10.1. The zero-order chi connectivity index (χ0) is 18.5. The molecule has 1 N–H and O–H groups in total. The number of nitrogens with one attached hydrogen (secondary N) is 1. The van der Waals surface area contributed by atoms with Gasteiger partial charge in [0, 0.05) is 38.4 Å². The number of carbonyl (C=O) groups excluding carboxylic acids is 1. The molecule has 0 atom stereocenters. The Morgan fingerprint density at radius 1 is 0.962 bits per heavy atom. The molecule has 1 aliphatic rings. The molecule has 4 nitrogen and oxygen atoms in total. The largest absolute Gasteiger partial charge is 0.325 e. The van der Waals surface area contributed by atoms with Crippen LogP contribution in [0.25, 0.3) is 0 Å². The van der Waals surface area contributed by atoms with E-state index in [1.807, 2.05) is 0 Å². The van der Waals surface area contributed by atoms with Gasteiger partial charge in [0.15, 0.2) is 0 Å². The van der Waals surface area contributed by atoms with Crippen molar-refractivity contribution in [2.45, 2.75) is 13.5 Å². The fourth-order valence-electron chi connectivity index (χ4n) is 3.03. The van der Waals surface area contributed by atoms with Crippen molar-refractivity contribution in [2.24, 2.45) is 0 Å². The number of nitrogens with zero attached hydrogens (tertiary/aromatic N) is 2. The summed E-state index contributed by atoms with van der Waals surface area (Å²) in [6.07, 6.45) is 0. The van der Waals surface area contributed by atoms with E-state index in [1.54, 1.807) is 18.2 Å². The molecule has 2 aromatic rings. The van der Waals surface area contributed by atoms with E-state index in [-0.39, 0.29) is 5.91 Å². The van der Waals surface area contributed by atoms with Crippen LogP contribution in [0.15, 0.2) is 42.5 Å². The molecule has 1 saturated heterocycles. The second kappa shape index (κ2) is 8.87. The van der Waals surface area contributed by atoms with Crippen LogP contribution < -0.4 is 5.32 Å². The SMILES string of the molecule is Cc1ccc(CN2CCN(CC(=O)Nc3ccc(Cl)c(Cl)c3)CC2)cc1. The zero-order valence-electron chi connectivity index (χ0n) is 14.8. The standard InChI is InChI=1S/C20H23Cl2N3O/c1-15-2-4-16(5-3-15)13-24-8-10-25(11-9-24)14-20(26)23-17-6-7-18(21)19(22)12-17/h2-7,12H,8-11,13-14H2,1H3,(H,23,26). The summed E-state index contributed by atoms with van der Waals surface area (Å²) in [5, 5.41) is 3.80. The van der Waals surface area contributed by atoms with Crippen molar-refractivity contribution in [3.05, 3.63) is 63.6 Å². The van der Waals surface area contributed by atoms with Gasteiger partial charge in [0.2, 0.25) is 5.91 Å². The molecule has 1 heterocycles. The van der Waals surface area contributed by atoms with Gasteiger partial charge in [-0.15, -0.1) is 0 Å². The second-order valence-electron chi connectivity index (χ2n) is 6.71. The average Bonchev–Trinajstić information content (AvgIpc) is 2.62. The van der Waals surface area contributed by atoms with Gasteiger partial charge in [0.1, 0.15) is 0 Å². The van der Waals surface area contributed by atoms with Gasteiger partial charge in [0.05, 0.1) is 16.6 Å². The van der Waals surface area contributed by atoms with Gasteiger partial charge in [-0.1, -0.05) is 53.0 Å². The van der Waals surface area contributed by atoms with Crippen molar-refractivity contribution in [1.29, 1.82) is 0 Å². The van der Waals surface area contributed by atoms with Gasteiger partial charge in [-0.05, 0) is 30.7 Å². The molecule has 2 aromatic carbocycles. The molecule has 0 unspecified atom stereocenters. The van der Waals surface area contributed by atoms with Crippen LogP contribution in [0.3, 0.4) is 0 Å². The van der Waals surface area contributed by atoms with Crippen LogP contribution in [0.4, 0.5) is 5.69 Å². The van der Waals surface area contributed by atoms with Crippen molar-refractivity contribution in [2.75, 3.05) is 38.0 Å². The summed E-state index contributed by atoms with van der Waals surface area (Å²) in [5.74, 6) is -0.0321. The van der Waals surface area contributed by atoms with Gasteiger partial charge in [-0.25, -0.2) is 0 Å². The predicted molar refractivity (Wildman–Crippen MR) is 108 cm³/mol. The number of benzene rings is 2. The Balaban J connectivity index is 1.43. The molecule has 0 aliphatic carbocycles. The third-order valence-corrected chi connectivity index (χ3v) is 5.30. The molecular weight excluding hydrogens is 369 g/mol. The minimum Gasteiger partial charge on any atom is -0.325 e. The molecule has 0 aromatic heterocycles. The van der Waals surface area contributed by atoms with E-state index in [4.69, 9.17) is 23.2 Å². The van der Waals surface area contributed by atoms with Gasteiger partial charge in [0.25, 0.3) is 0 Å². The first-order chi connectivity index (χ1) is 12.5. The van der Waals surface area contributed by atoms with Crippen LogP contribution in [-0.2, 0) is 11.3 Å². The molecule has 26 heavy (non-hydrogen) atoms. The highest BCUT2D eigenvalue weighted by atomic mass is 35.5. The van der Waals surface area contributed by atoms with Crippen LogP contribution in [0.5, 0.6) is 0 Å². The van der Waals surface area contributed by atoms with E-state index in [0.717, 1.165) is 32.7 Å². The van der Waals surface area contributed by atoms with Crippen molar-refractivity contribution < 1.29 is 4.79 Å². The predicted octanol–water partition coefficient (Wildman–Crippen LogP) is 4.06. The Kier molecular flexibility index (Phi) is 6.54. The lowest BCUT2D eigenvalue weighted by Crippen LogP contribution is -2.48. The molecule has 1 aliphatic heterocycles. The van der Waals surface area contributed by atoms with Crippen LogP contribution in [0.1, 0.15) is 11.1 Å². The third-order valence-electron chi connectivity index (χ3n) is 4.56. The van der Waals surface area contributed by atoms with Gasteiger partial charge in [-0.3, -0.25) is 14.6 Å². The van der Waals surface area contributed by atoms with Crippen molar-refractivity contribution in [3.8, 4) is 0 Å². The minimum atomic E-state index is -0.0321. The maximum atomic E-state index is 12.2. The molecule has 6 heteroatoms. The van der Waals surface area contributed by atoms with Crippen molar-refractivity contribution >= 4 is 34.8 Å². The molecule has 0 bridgehead atoms. The third kappa shape index (κ3) is 5.45. The lowest BCUT2D eigenvalue weighted by Gasteiger charge is -2.34. The van der Waals surface area contributed by atoms with Gasteiger partial charge in [-0.2, -0.15) is 0 Å². The summed E-state index contributed by atoms with van der Waals surface area (Å²) in [5.41, 5.74) is 3.29. The normalized spacial score (nSPS) is 15.8. The molecule has 0 spiro atoms. The molecule has 0 saturated carbocycles. The number of carbonyl (C=O) groups is 1. The summed E-state index contributed by atoms with van der Waals surface area (Å²) in [7, 11) is 0. The Labute approximate surface area is 164 Å². The van der Waals surface area contributed by atoms with E-state index in [2.05, 4.69) is 46.3 Å². The number of hydrogen-bond donors (Lipinski definition) is 1. The molecule has 138 valence electrons. The Morgan fingerprint density at radius 3 is 2.27 bits per heavy atom. The number of piperazine rings is 1. The van der Waals surface area contributed by atoms with Crippen LogP contribution in [0.2, 0.25) is 10.0 Å². The molecule has 3 rings (SSSR count). The highest BCUT2D eigenvalue weighted by molar-refractivity contribution is 6.42. The summed E-state index contributed by atoms with van der Waals surface area (Å²) in [6, 6.07) is 13.8. The summed E-state index contributed by atoms with van der Waals surface area (Å²) in [6.45, 7) is 7.16. The summed E-state index contributed by atoms with van der Waals surface area (Å²) < 4.78 is 0. The van der Waals surface area contributed by atoms with Gasteiger partial charge >= 0.3 is 0 Å². The average molecular weight is 392 g/mol.